The highest BCUT2D eigenvalue weighted by atomic mass is 32.2. The fourth-order valence-electron chi connectivity index (χ4n) is 0.878. The van der Waals surface area contributed by atoms with Gasteiger partial charge in [-0.1, -0.05) is 6.92 Å². The normalized spacial score (nSPS) is 15.2. The van der Waals surface area contributed by atoms with Crippen molar-refractivity contribution >= 4 is 16.3 Å². The Morgan fingerprint density at radius 3 is 2.38 bits per heavy atom. The number of ether oxygens (including phenoxy) is 1. The van der Waals surface area contributed by atoms with Crippen molar-refractivity contribution in [1.82, 2.24) is 9.44 Å². The molecule has 8 heteroatoms. The summed E-state index contributed by atoms with van der Waals surface area (Å²) in [6, 6.07) is 0. The van der Waals surface area contributed by atoms with E-state index in [2.05, 4.69) is 9.46 Å². The third-order valence-corrected chi connectivity index (χ3v) is 3.30. The molecule has 4 N–H and O–H groups in total. The van der Waals surface area contributed by atoms with Gasteiger partial charge in [0.2, 0.25) is 0 Å². The Balaban J connectivity index is 4.52. The zero-order chi connectivity index (χ0) is 12.8. The first-order valence-corrected chi connectivity index (χ1v) is 6.45. The summed E-state index contributed by atoms with van der Waals surface area (Å²) in [5, 5.41) is 0. The summed E-state index contributed by atoms with van der Waals surface area (Å²) >= 11 is 0. The van der Waals surface area contributed by atoms with E-state index in [1.54, 1.807) is 25.5 Å². The average molecular weight is 253 g/mol. The van der Waals surface area contributed by atoms with Crippen molar-refractivity contribution in [2.75, 3.05) is 13.2 Å². The van der Waals surface area contributed by atoms with Gasteiger partial charge in [0.15, 0.2) is 0 Å². The smallest absolute Gasteiger partial charge is 0.421 e. The van der Waals surface area contributed by atoms with Gasteiger partial charge in [-0.25, -0.2) is 9.52 Å². The molecule has 0 rings (SSSR count). The molecule has 0 heterocycles. The second kappa shape index (κ2) is 6.02. The van der Waals surface area contributed by atoms with E-state index in [1.165, 1.54) is 0 Å². The Kier molecular flexibility index (Phi) is 5.70. The second-order valence-electron chi connectivity index (χ2n) is 3.55. The molecule has 1 amide bonds. The number of carbonyl (C=O) groups excluding carboxylic acids is 1. The topological polar surface area (TPSA) is 111 Å². The van der Waals surface area contributed by atoms with Crippen LogP contribution in [0.25, 0.3) is 0 Å². The summed E-state index contributed by atoms with van der Waals surface area (Å²) in [7, 11) is -3.94. The van der Waals surface area contributed by atoms with Crippen LogP contribution in [0.3, 0.4) is 0 Å². The van der Waals surface area contributed by atoms with Crippen molar-refractivity contribution in [3.8, 4) is 0 Å². The van der Waals surface area contributed by atoms with Crippen LogP contribution in [0.5, 0.6) is 0 Å². The maximum Gasteiger partial charge on any atom is 0.421 e. The van der Waals surface area contributed by atoms with Gasteiger partial charge in [0.1, 0.15) is 0 Å². The number of nitrogens with two attached hydrogens (primary N) is 1. The van der Waals surface area contributed by atoms with E-state index in [1.807, 2.05) is 0 Å². The molecule has 7 nitrogen and oxygen atoms in total. The average Bonchev–Trinajstić information content (AvgIpc) is 2.16. The minimum absolute atomic E-state index is 0.100. The number of hydrogen-bond acceptors (Lipinski definition) is 5. The summed E-state index contributed by atoms with van der Waals surface area (Å²) in [5.74, 6) is 0. The molecular weight excluding hydrogens is 234 g/mol. The lowest BCUT2D eigenvalue weighted by atomic mass is 10.0. The fourth-order valence-corrected chi connectivity index (χ4v) is 2.08. The molecular formula is C8H19N3O4S. The first-order valence-electron chi connectivity index (χ1n) is 4.97. The number of amides is 1. The van der Waals surface area contributed by atoms with Crippen molar-refractivity contribution in [1.29, 1.82) is 0 Å². The van der Waals surface area contributed by atoms with Crippen LogP contribution < -0.4 is 15.2 Å². The maximum atomic E-state index is 11.5. The van der Waals surface area contributed by atoms with E-state index >= 15 is 0 Å². The highest BCUT2D eigenvalue weighted by molar-refractivity contribution is 7.88. The zero-order valence-corrected chi connectivity index (χ0v) is 10.6. The van der Waals surface area contributed by atoms with E-state index < -0.39 is 21.8 Å². The van der Waals surface area contributed by atoms with Crippen LogP contribution in [0.4, 0.5) is 4.79 Å². The molecule has 1 atom stereocenters. The van der Waals surface area contributed by atoms with Gasteiger partial charge in [-0.15, -0.1) is 0 Å². The zero-order valence-electron chi connectivity index (χ0n) is 9.74. The summed E-state index contributed by atoms with van der Waals surface area (Å²) in [4.78, 5) is 10.9. The third-order valence-electron chi connectivity index (χ3n) is 2.10. The van der Waals surface area contributed by atoms with Crippen molar-refractivity contribution in [2.24, 2.45) is 5.73 Å². The number of nitrogens with one attached hydrogen (secondary N) is 2. The van der Waals surface area contributed by atoms with E-state index in [4.69, 9.17) is 5.73 Å². The van der Waals surface area contributed by atoms with E-state index in [-0.39, 0.29) is 13.2 Å². The molecule has 0 spiro atoms. The number of carbonyl (C=O) groups is 1. The van der Waals surface area contributed by atoms with Gasteiger partial charge in [-0.3, -0.25) is 0 Å². The Morgan fingerprint density at radius 1 is 1.44 bits per heavy atom. The SMILES string of the molecule is CCOC(=O)NS(=O)(=O)NC(C)(CC)CN. The van der Waals surface area contributed by atoms with Gasteiger partial charge in [0.25, 0.3) is 0 Å². The third kappa shape index (κ3) is 5.29. The lowest BCUT2D eigenvalue weighted by Gasteiger charge is -2.27. The maximum absolute atomic E-state index is 11.5. The molecule has 1 unspecified atom stereocenters. The monoisotopic (exact) mass is 253 g/mol. The minimum atomic E-state index is -3.94. The largest absolute Gasteiger partial charge is 0.449 e. The minimum Gasteiger partial charge on any atom is -0.449 e. The van der Waals surface area contributed by atoms with Crippen molar-refractivity contribution in [3.05, 3.63) is 0 Å². The predicted molar refractivity (Wildman–Crippen MR) is 60.0 cm³/mol. The number of hydrogen-bond donors (Lipinski definition) is 3. The molecule has 0 saturated heterocycles. The van der Waals surface area contributed by atoms with Crippen LogP contribution in [-0.4, -0.2) is 33.2 Å². The molecule has 16 heavy (non-hydrogen) atoms. The first-order chi connectivity index (χ1) is 7.28. The Labute approximate surface area is 95.9 Å². The van der Waals surface area contributed by atoms with Gasteiger partial charge in [-0.05, 0) is 20.3 Å². The molecule has 0 bridgehead atoms. The van der Waals surface area contributed by atoms with Crippen molar-refractivity contribution in [2.45, 2.75) is 32.7 Å². The molecule has 0 aliphatic heterocycles. The van der Waals surface area contributed by atoms with Crippen LogP contribution in [0, 0.1) is 0 Å². The van der Waals surface area contributed by atoms with Crippen molar-refractivity contribution < 1.29 is 17.9 Å². The molecule has 0 aromatic heterocycles. The summed E-state index contributed by atoms with van der Waals surface area (Å²) < 4.78 is 31.4. The molecule has 0 aromatic carbocycles. The summed E-state index contributed by atoms with van der Waals surface area (Å²) in [6.07, 6.45) is -0.502. The Hall–Kier alpha value is -0.860. The molecule has 0 aliphatic rings. The second-order valence-corrected chi connectivity index (χ2v) is 4.96. The van der Waals surface area contributed by atoms with E-state index in [9.17, 15) is 13.2 Å². The summed E-state index contributed by atoms with van der Waals surface area (Å²) in [6.45, 7) is 5.25. The summed E-state index contributed by atoms with van der Waals surface area (Å²) in [5.41, 5.74) is 4.66. The highest BCUT2D eigenvalue weighted by Crippen LogP contribution is 2.07. The van der Waals surface area contributed by atoms with Gasteiger partial charge < -0.3 is 10.5 Å². The Morgan fingerprint density at radius 2 is 2.00 bits per heavy atom. The van der Waals surface area contributed by atoms with Crippen LogP contribution in [-0.2, 0) is 14.9 Å². The van der Waals surface area contributed by atoms with Gasteiger partial charge in [-0.2, -0.15) is 13.1 Å². The van der Waals surface area contributed by atoms with Crippen LogP contribution >= 0.6 is 0 Å². The van der Waals surface area contributed by atoms with Crippen LogP contribution in [0.2, 0.25) is 0 Å². The number of rotatable bonds is 6. The van der Waals surface area contributed by atoms with Crippen LogP contribution in [0.1, 0.15) is 27.2 Å². The Bertz CT molecular complexity index is 324. The lowest BCUT2D eigenvalue weighted by Crippen LogP contribution is -2.55. The quantitative estimate of drug-likeness (QED) is 0.601. The van der Waals surface area contributed by atoms with Gasteiger partial charge in [0, 0.05) is 12.1 Å². The van der Waals surface area contributed by atoms with E-state index in [0.717, 1.165) is 0 Å². The molecule has 0 aromatic rings. The highest BCUT2D eigenvalue weighted by Gasteiger charge is 2.27. The predicted octanol–water partition coefficient (Wildman–Crippen LogP) is -0.306. The molecule has 0 saturated carbocycles. The standard InChI is InChI=1S/C8H19N3O4S/c1-4-8(3,6-9)11-16(13,14)10-7(12)15-5-2/h11H,4-6,9H2,1-3H3,(H,10,12). The molecule has 0 aliphatic carbocycles. The van der Waals surface area contributed by atoms with Gasteiger partial charge >= 0.3 is 16.3 Å². The lowest BCUT2D eigenvalue weighted by molar-refractivity contribution is 0.158. The fraction of sp³-hybridized carbons (Fsp3) is 0.875. The van der Waals surface area contributed by atoms with Crippen LogP contribution in [0.15, 0.2) is 0 Å². The van der Waals surface area contributed by atoms with Gasteiger partial charge in [0.05, 0.1) is 6.61 Å². The molecule has 0 fully saturated rings. The molecule has 96 valence electrons. The first kappa shape index (κ1) is 15.1. The van der Waals surface area contributed by atoms with E-state index in [0.29, 0.717) is 6.42 Å². The molecule has 0 radical (unpaired) electrons. The van der Waals surface area contributed by atoms with Crippen molar-refractivity contribution in [3.63, 3.8) is 0 Å².